The van der Waals surface area contributed by atoms with Gasteiger partial charge >= 0.3 is 0 Å². The highest BCUT2D eigenvalue weighted by Crippen LogP contribution is 2.16. The smallest absolute Gasteiger partial charge is 0.255 e. The summed E-state index contributed by atoms with van der Waals surface area (Å²) in [7, 11) is 0. The van der Waals surface area contributed by atoms with E-state index in [2.05, 4.69) is 29.3 Å². The van der Waals surface area contributed by atoms with Gasteiger partial charge in [-0.05, 0) is 48.4 Å². The Bertz CT molecular complexity index is 738. The highest BCUT2D eigenvalue weighted by Gasteiger charge is 2.11. The molecule has 0 aromatic heterocycles. The molecule has 0 saturated carbocycles. The van der Waals surface area contributed by atoms with Gasteiger partial charge in [-0.2, -0.15) is 0 Å². The molecule has 0 aliphatic carbocycles. The zero-order valence-corrected chi connectivity index (χ0v) is 17.4. The standard InChI is InChI=1S/C24H32N2O3/c1-2-3-4-5-16-29-23-12-8-21(9-13-23)24(27)25-22-10-6-20(7-11-22)19-26-14-17-28-18-15-26/h6-13H,2-5,14-19H2,1H3,(H,25,27). The van der Waals surface area contributed by atoms with E-state index in [-0.39, 0.29) is 5.91 Å². The number of rotatable bonds is 10. The van der Waals surface area contributed by atoms with Crippen molar-refractivity contribution < 1.29 is 14.3 Å². The highest BCUT2D eigenvalue weighted by molar-refractivity contribution is 6.04. The quantitative estimate of drug-likeness (QED) is 0.590. The summed E-state index contributed by atoms with van der Waals surface area (Å²) in [5.41, 5.74) is 2.67. The Balaban J connectivity index is 1.45. The molecular formula is C24H32N2O3. The van der Waals surface area contributed by atoms with Crippen molar-refractivity contribution in [2.75, 3.05) is 38.2 Å². The number of unbranched alkanes of at least 4 members (excludes halogenated alkanes) is 3. The molecule has 0 radical (unpaired) electrons. The largest absolute Gasteiger partial charge is 0.494 e. The van der Waals surface area contributed by atoms with Crippen LogP contribution >= 0.6 is 0 Å². The maximum atomic E-state index is 12.5. The fourth-order valence-electron chi connectivity index (χ4n) is 3.34. The number of hydrogen-bond acceptors (Lipinski definition) is 4. The average molecular weight is 397 g/mol. The van der Waals surface area contributed by atoms with E-state index in [1.807, 2.05) is 36.4 Å². The second kappa shape index (κ2) is 11.6. The van der Waals surface area contributed by atoms with Crippen molar-refractivity contribution in [2.45, 2.75) is 39.2 Å². The van der Waals surface area contributed by atoms with Crippen LogP contribution in [0.1, 0.15) is 48.5 Å². The third-order valence-corrected chi connectivity index (χ3v) is 5.10. The lowest BCUT2D eigenvalue weighted by Gasteiger charge is -2.26. The molecule has 1 amide bonds. The van der Waals surface area contributed by atoms with E-state index < -0.39 is 0 Å². The number of carbonyl (C=O) groups excluding carboxylic acids is 1. The Hall–Kier alpha value is -2.37. The zero-order chi connectivity index (χ0) is 20.3. The van der Waals surface area contributed by atoms with Crippen LogP contribution in [0.15, 0.2) is 48.5 Å². The van der Waals surface area contributed by atoms with Crippen LogP contribution < -0.4 is 10.1 Å². The van der Waals surface area contributed by atoms with Gasteiger partial charge in [0.15, 0.2) is 0 Å². The van der Waals surface area contributed by atoms with Gasteiger partial charge in [0.25, 0.3) is 5.91 Å². The molecule has 3 rings (SSSR count). The molecule has 0 atom stereocenters. The molecule has 1 saturated heterocycles. The van der Waals surface area contributed by atoms with Crippen LogP contribution in [0.5, 0.6) is 5.75 Å². The lowest BCUT2D eigenvalue weighted by atomic mass is 10.1. The molecule has 2 aromatic carbocycles. The SMILES string of the molecule is CCCCCCOc1ccc(C(=O)Nc2ccc(CN3CCOCC3)cc2)cc1. The van der Waals surface area contributed by atoms with Gasteiger partial charge in [0.05, 0.1) is 19.8 Å². The maximum Gasteiger partial charge on any atom is 0.255 e. The summed E-state index contributed by atoms with van der Waals surface area (Å²) in [6.07, 6.45) is 4.73. The molecule has 1 aliphatic rings. The molecule has 1 fully saturated rings. The first-order valence-corrected chi connectivity index (χ1v) is 10.7. The van der Waals surface area contributed by atoms with Crippen molar-refractivity contribution in [2.24, 2.45) is 0 Å². The third kappa shape index (κ3) is 7.18. The molecule has 156 valence electrons. The third-order valence-electron chi connectivity index (χ3n) is 5.10. The van der Waals surface area contributed by atoms with Crippen LogP contribution in [0.3, 0.4) is 0 Å². The van der Waals surface area contributed by atoms with E-state index in [0.717, 1.165) is 57.3 Å². The Labute approximate surface area is 174 Å². The van der Waals surface area contributed by atoms with Crippen LogP contribution in [0.25, 0.3) is 0 Å². The first kappa shape index (κ1) is 21.3. The predicted octanol–water partition coefficient (Wildman–Crippen LogP) is 4.73. The molecule has 29 heavy (non-hydrogen) atoms. The van der Waals surface area contributed by atoms with Crippen molar-refractivity contribution in [3.8, 4) is 5.75 Å². The summed E-state index contributed by atoms with van der Waals surface area (Å²) in [6.45, 7) is 7.38. The zero-order valence-electron chi connectivity index (χ0n) is 17.4. The number of nitrogens with zero attached hydrogens (tertiary/aromatic N) is 1. The van der Waals surface area contributed by atoms with E-state index in [1.54, 1.807) is 0 Å². The van der Waals surface area contributed by atoms with Gasteiger partial charge in [-0.25, -0.2) is 0 Å². The Morgan fingerprint density at radius 3 is 2.41 bits per heavy atom. The summed E-state index contributed by atoms with van der Waals surface area (Å²) in [5, 5.41) is 2.96. The summed E-state index contributed by atoms with van der Waals surface area (Å²) >= 11 is 0. The number of amides is 1. The predicted molar refractivity (Wildman–Crippen MR) is 117 cm³/mol. The second-order valence-corrected chi connectivity index (χ2v) is 7.47. The molecule has 1 aliphatic heterocycles. The second-order valence-electron chi connectivity index (χ2n) is 7.47. The number of nitrogens with one attached hydrogen (secondary N) is 1. The molecule has 5 nitrogen and oxygen atoms in total. The molecule has 0 spiro atoms. The van der Waals surface area contributed by atoms with Crippen molar-refractivity contribution >= 4 is 11.6 Å². The molecule has 1 N–H and O–H groups in total. The summed E-state index contributed by atoms with van der Waals surface area (Å²) in [6, 6.07) is 15.4. The number of hydrogen-bond donors (Lipinski definition) is 1. The number of carbonyl (C=O) groups is 1. The summed E-state index contributed by atoms with van der Waals surface area (Å²) in [5.74, 6) is 0.700. The molecule has 2 aromatic rings. The van der Waals surface area contributed by atoms with Gasteiger partial charge in [0.1, 0.15) is 5.75 Å². The first-order chi connectivity index (χ1) is 14.2. The number of morpholine rings is 1. The lowest BCUT2D eigenvalue weighted by molar-refractivity contribution is 0.0342. The Kier molecular flexibility index (Phi) is 8.53. The van der Waals surface area contributed by atoms with Crippen molar-refractivity contribution in [3.63, 3.8) is 0 Å². The minimum Gasteiger partial charge on any atom is -0.494 e. The molecule has 1 heterocycles. The van der Waals surface area contributed by atoms with Crippen LogP contribution in [0.2, 0.25) is 0 Å². The first-order valence-electron chi connectivity index (χ1n) is 10.7. The Morgan fingerprint density at radius 2 is 1.72 bits per heavy atom. The van der Waals surface area contributed by atoms with Crippen molar-refractivity contribution in [1.29, 1.82) is 0 Å². The Morgan fingerprint density at radius 1 is 1.00 bits per heavy atom. The molecule has 0 bridgehead atoms. The maximum absolute atomic E-state index is 12.5. The van der Waals surface area contributed by atoms with Crippen LogP contribution in [0.4, 0.5) is 5.69 Å². The minimum absolute atomic E-state index is 0.111. The number of ether oxygens (including phenoxy) is 2. The molecule has 0 unspecified atom stereocenters. The minimum atomic E-state index is -0.111. The van der Waals surface area contributed by atoms with Crippen molar-refractivity contribution in [3.05, 3.63) is 59.7 Å². The van der Waals surface area contributed by atoms with Gasteiger partial charge in [-0.1, -0.05) is 38.3 Å². The number of anilines is 1. The molecular weight excluding hydrogens is 364 g/mol. The summed E-state index contributed by atoms with van der Waals surface area (Å²) in [4.78, 5) is 14.9. The van der Waals surface area contributed by atoms with E-state index in [4.69, 9.17) is 9.47 Å². The van der Waals surface area contributed by atoms with Crippen LogP contribution in [-0.4, -0.2) is 43.7 Å². The topological polar surface area (TPSA) is 50.8 Å². The van der Waals surface area contributed by atoms with Crippen LogP contribution in [-0.2, 0) is 11.3 Å². The van der Waals surface area contributed by atoms with Gasteiger partial charge in [-0.15, -0.1) is 0 Å². The monoisotopic (exact) mass is 396 g/mol. The van der Waals surface area contributed by atoms with Gasteiger partial charge < -0.3 is 14.8 Å². The fraction of sp³-hybridized carbons (Fsp3) is 0.458. The van der Waals surface area contributed by atoms with E-state index >= 15 is 0 Å². The van der Waals surface area contributed by atoms with E-state index in [0.29, 0.717) is 5.56 Å². The lowest BCUT2D eigenvalue weighted by Crippen LogP contribution is -2.35. The van der Waals surface area contributed by atoms with Gasteiger partial charge in [0.2, 0.25) is 0 Å². The summed E-state index contributed by atoms with van der Waals surface area (Å²) < 4.78 is 11.1. The van der Waals surface area contributed by atoms with Gasteiger partial charge in [0, 0.05) is 30.9 Å². The molecule has 5 heteroatoms. The fourth-order valence-corrected chi connectivity index (χ4v) is 3.34. The van der Waals surface area contributed by atoms with Crippen LogP contribution in [0, 0.1) is 0 Å². The van der Waals surface area contributed by atoms with Crippen molar-refractivity contribution in [1.82, 2.24) is 4.90 Å². The highest BCUT2D eigenvalue weighted by atomic mass is 16.5. The number of benzene rings is 2. The average Bonchev–Trinajstić information content (AvgIpc) is 2.76. The van der Waals surface area contributed by atoms with E-state index in [9.17, 15) is 4.79 Å². The van der Waals surface area contributed by atoms with Gasteiger partial charge in [-0.3, -0.25) is 9.69 Å². The normalized spacial score (nSPS) is 14.5. The van der Waals surface area contributed by atoms with E-state index in [1.165, 1.54) is 24.8 Å².